The molecule has 11 heteroatoms. The number of hydrogen-bond acceptors (Lipinski definition) is 11. The fourth-order valence-electron chi connectivity index (χ4n) is 14.2. The highest BCUT2D eigenvalue weighted by Gasteiger charge is 2.54. The van der Waals surface area contributed by atoms with E-state index in [0.29, 0.717) is 66.9 Å². The normalized spacial score (nSPS) is 27.4. The quantitative estimate of drug-likeness (QED) is 0.0466. The number of aliphatic imine (C=N–C) groups is 1. The lowest BCUT2D eigenvalue weighted by Crippen LogP contribution is -2.51. The Hall–Kier alpha value is -5.12. The first-order valence-corrected chi connectivity index (χ1v) is 27.3. The van der Waals surface area contributed by atoms with Crippen molar-refractivity contribution < 1.29 is 39.8 Å². The second-order valence-electron chi connectivity index (χ2n) is 22.5. The third-order valence-corrected chi connectivity index (χ3v) is 17.7. The Bertz CT molecular complexity index is 2600. The second kappa shape index (κ2) is 22.6. The fourth-order valence-corrected chi connectivity index (χ4v) is 14.2. The van der Waals surface area contributed by atoms with Gasteiger partial charge in [-0.15, -0.1) is 0 Å². The van der Waals surface area contributed by atoms with Crippen LogP contribution in [0, 0.1) is 40.9 Å². The Balaban J connectivity index is 1.28. The molecule has 3 saturated carbocycles. The summed E-state index contributed by atoms with van der Waals surface area (Å²) in [6.07, 6.45) is 17.3. The lowest BCUT2D eigenvalue weighted by molar-refractivity contribution is -0.114. The number of benzene rings is 3. The SMILES string of the molecule is CCC(CCO)C(=CC(=O)CCc1cc(OC2CCCC2)c(O)c2c1C#CCC1CC3(CO)C=C4C(CC(C)CC4C2C3COC)c2cc(O)cc(c2)Cc2cccc(c2)C2(CCCCC2)NC(N)=N1)CO. The summed E-state index contributed by atoms with van der Waals surface area (Å²) >= 11 is 0. The predicted octanol–water partition coefficient (Wildman–Crippen LogP) is 9.53. The van der Waals surface area contributed by atoms with Gasteiger partial charge in [-0.25, -0.2) is 4.99 Å². The number of phenolic OH excluding ortho intramolecular Hbond substituents is 2. The fraction of sp³-hybridized carbons (Fsp3) is 0.574. The van der Waals surface area contributed by atoms with Crippen LogP contribution in [-0.2, 0) is 27.9 Å². The summed E-state index contributed by atoms with van der Waals surface area (Å²) in [5.74, 6) is 7.15. The van der Waals surface area contributed by atoms with Crippen LogP contribution >= 0.6 is 0 Å². The molecule has 8 bridgehead atoms. The van der Waals surface area contributed by atoms with Gasteiger partial charge in [-0.2, -0.15) is 0 Å². The predicted molar refractivity (Wildman–Crippen MR) is 282 cm³/mol. The molecule has 8 unspecified atom stereocenters. The molecule has 11 nitrogen and oxygen atoms in total. The van der Waals surface area contributed by atoms with Crippen molar-refractivity contribution in [1.82, 2.24) is 5.32 Å². The van der Waals surface area contributed by atoms with Gasteiger partial charge in [0.25, 0.3) is 0 Å². The average Bonchev–Trinajstić information content (AvgIpc) is 3.89. The molecule has 0 radical (unpaired) electrons. The molecule has 3 aromatic rings. The number of aliphatic hydroxyl groups excluding tert-OH is 3. The van der Waals surface area contributed by atoms with Crippen LogP contribution in [0.3, 0.4) is 0 Å². The number of fused-ring (bicyclic) bond motifs is 11. The van der Waals surface area contributed by atoms with Crippen molar-refractivity contribution >= 4 is 11.7 Å². The van der Waals surface area contributed by atoms with E-state index in [0.717, 1.165) is 92.9 Å². The van der Waals surface area contributed by atoms with E-state index in [4.69, 9.17) is 20.2 Å². The summed E-state index contributed by atoms with van der Waals surface area (Å²) in [7, 11) is 1.71. The van der Waals surface area contributed by atoms with Crippen LogP contribution < -0.4 is 15.8 Å². The first kappa shape index (κ1) is 51.8. The average molecular weight is 982 g/mol. The van der Waals surface area contributed by atoms with E-state index in [-0.39, 0.29) is 85.8 Å². The van der Waals surface area contributed by atoms with Crippen LogP contribution in [0.4, 0.5) is 0 Å². The molecule has 8 atom stereocenters. The van der Waals surface area contributed by atoms with E-state index in [2.05, 4.69) is 60.5 Å². The molecule has 3 aromatic carbocycles. The van der Waals surface area contributed by atoms with Crippen molar-refractivity contribution in [2.45, 2.75) is 159 Å². The molecule has 386 valence electrons. The number of rotatable bonds is 14. The zero-order valence-electron chi connectivity index (χ0n) is 42.9. The first-order chi connectivity index (χ1) is 34.9. The van der Waals surface area contributed by atoms with Gasteiger partial charge < -0.3 is 46.1 Å². The first-order valence-electron chi connectivity index (χ1n) is 27.3. The van der Waals surface area contributed by atoms with Crippen molar-refractivity contribution in [1.29, 1.82) is 0 Å². The van der Waals surface area contributed by atoms with Crippen LogP contribution in [-0.4, -0.2) is 83.0 Å². The number of hydrogen-bond donors (Lipinski definition) is 7. The zero-order chi connectivity index (χ0) is 50.6. The third kappa shape index (κ3) is 10.8. The van der Waals surface area contributed by atoms with Crippen molar-refractivity contribution in [3.63, 3.8) is 0 Å². The van der Waals surface area contributed by atoms with E-state index in [1.54, 1.807) is 13.2 Å². The van der Waals surface area contributed by atoms with Gasteiger partial charge in [0.1, 0.15) is 5.75 Å². The maximum absolute atomic E-state index is 14.0. The third-order valence-electron chi connectivity index (χ3n) is 17.7. The van der Waals surface area contributed by atoms with Gasteiger partial charge in [-0.05, 0) is 159 Å². The molecule has 0 aromatic heterocycles. The minimum absolute atomic E-state index is 0.0361. The number of nitrogens with zero attached hydrogens (tertiary/aromatic N) is 1. The Kier molecular flexibility index (Phi) is 16.2. The number of phenols is 2. The molecule has 5 aliphatic carbocycles. The number of ether oxygens (including phenoxy) is 2. The molecule has 3 fully saturated rings. The van der Waals surface area contributed by atoms with E-state index < -0.39 is 22.9 Å². The maximum Gasteiger partial charge on any atom is 0.189 e. The molecule has 9 rings (SSSR count). The van der Waals surface area contributed by atoms with Crippen LogP contribution in [0.15, 0.2) is 76.8 Å². The van der Waals surface area contributed by atoms with E-state index in [9.17, 15) is 30.3 Å². The van der Waals surface area contributed by atoms with Gasteiger partial charge in [0.05, 0.1) is 37.5 Å². The van der Waals surface area contributed by atoms with E-state index in [1.165, 1.54) is 11.1 Å². The number of aliphatic hydroxyl groups is 3. The summed E-state index contributed by atoms with van der Waals surface area (Å²) in [6.45, 7) is 4.05. The zero-order valence-corrected chi connectivity index (χ0v) is 42.9. The van der Waals surface area contributed by atoms with Gasteiger partial charge in [0.2, 0.25) is 0 Å². The second-order valence-corrected chi connectivity index (χ2v) is 22.5. The lowest BCUT2D eigenvalue weighted by Gasteiger charge is -2.54. The molecule has 0 saturated heterocycles. The van der Waals surface area contributed by atoms with Gasteiger partial charge in [-0.1, -0.05) is 86.9 Å². The minimum atomic E-state index is -0.917. The van der Waals surface area contributed by atoms with Gasteiger partial charge in [-0.3, -0.25) is 4.79 Å². The van der Waals surface area contributed by atoms with Crippen LogP contribution in [0.5, 0.6) is 17.2 Å². The smallest absolute Gasteiger partial charge is 0.189 e. The summed E-state index contributed by atoms with van der Waals surface area (Å²) in [6, 6.07) is 16.3. The number of carbonyl (C=O) groups excluding carboxylic acids is 1. The Morgan fingerprint density at radius 3 is 2.56 bits per heavy atom. The topological polar surface area (TPSA) is 187 Å². The molecular weight excluding hydrogens is 903 g/mol. The van der Waals surface area contributed by atoms with Crippen LogP contribution in [0.2, 0.25) is 0 Å². The summed E-state index contributed by atoms with van der Waals surface area (Å²) in [4.78, 5) is 19.4. The Morgan fingerprint density at radius 2 is 1.82 bits per heavy atom. The highest BCUT2D eigenvalue weighted by molar-refractivity contribution is 5.90. The number of methoxy groups -OCH3 is 1. The van der Waals surface area contributed by atoms with Gasteiger partial charge >= 0.3 is 0 Å². The number of nitrogens with one attached hydrogen (secondary N) is 1. The highest BCUT2D eigenvalue weighted by atomic mass is 16.5. The highest BCUT2D eigenvalue weighted by Crippen LogP contribution is 2.62. The minimum Gasteiger partial charge on any atom is -0.508 e. The van der Waals surface area contributed by atoms with Crippen molar-refractivity contribution in [3.05, 3.63) is 111 Å². The summed E-state index contributed by atoms with van der Waals surface area (Å²) in [5.41, 5.74) is 14.1. The van der Waals surface area contributed by atoms with Crippen molar-refractivity contribution in [3.8, 4) is 29.1 Å². The van der Waals surface area contributed by atoms with Gasteiger partial charge in [0, 0.05) is 60.9 Å². The Labute approximate surface area is 427 Å². The van der Waals surface area contributed by atoms with Crippen LogP contribution in [0.25, 0.3) is 0 Å². The maximum atomic E-state index is 14.0. The van der Waals surface area contributed by atoms with E-state index >= 15 is 0 Å². The molecule has 1 spiro atoms. The van der Waals surface area contributed by atoms with Crippen molar-refractivity contribution in [2.75, 3.05) is 33.5 Å². The molecule has 6 aliphatic rings. The molecular formula is C61H79N3O8. The molecule has 1 aliphatic heterocycles. The van der Waals surface area contributed by atoms with Gasteiger partial charge in [0.15, 0.2) is 23.2 Å². The molecule has 72 heavy (non-hydrogen) atoms. The number of allylic oxidation sites excluding steroid dienone is 2. The Morgan fingerprint density at radius 1 is 1.01 bits per heavy atom. The summed E-state index contributed by atoms with van der Waals surface area (Å²) < 4.78 is 13.1. The number of nitrogens with two attached hydrogens (primary N) is 1. The largest absolute Gasteiger partial charge is 0.508 e. The monoisotopic (exact) mass is 982 g/mol. The lowest BCUT2D eigenvalue weighted by atomic mass is 9.51. The number of ketones is 1. The number of aryl methyl sites for hydroxylation is 1. The number of aromatic hydroxyl groups is 2. The number of guanidine groups is 1. The molecule has 0 amide bonds. The molecule has 1 heterocycles. The number of carbonyl (C=O) groups is 1. The van der Waals surface area contributed by atoms with Crippen molar-refractivity contribution in [2.24, 2.45) is 39.8 Å². The molecule has 8 N–H and O–H groups in total. The standard InChI is InChI=1S/C61H79N3O8/c1-4-41(20-23-65)44(35-66)31-47(68)19-18-42-32-55(72-49-15-6-7-16-49)58(70)57-50(42)17-11-14-46-33-60(37-67)34-53-51(24-38(2)25-52(53)56(57)54(60)36-71-3)43-27-40(29-48(69)30-43)26-39-12-10-13-45(28-39)61(64-59(62)63-46)21-8-5-9-22-61/h10,12-13,27-32,34,38,41,46,49,51-52,54,56,65-67,69-70H,4-9,14-16,18-26,33,35-37H2,1-3H3,(H3,62,63,64). The van der Waals surface area contributed by atoms with Crippen LogP contribution in [0.1, 0.15) is 167 Å². The summed E-state index contributed by atoms with van der Waals surface area (Å²) in [5, 5.41) is 60.9. The van der Waals surface area contributed by atoms with E-state index in [1.807, 2.05) is 25.1 Å².